The summed E-state index contributed by atoms with van der Waals surface area (Å²) in [5.74, 6) is 0. The SMILES string of the molecule is CCc1cc[c]nc1C. The summed E-state index contributed by atoms with van der Waals surface area (Å²) < 4.78 is 0. The third-order valence-electron chi connectivity index (χ3n) is 1.44. The van der Waals surface area contributed by atoms with Crippen LogP contribution in [0.4, 0.5) is 0 Å². The first kappa shape index (κ1) is 6.27. The molecule has 0 spiro atoms. The van der Waals surface area contributed by atoms with Gasteiger partial charge in [0.15, 0.2) is 0 Å². The molecule has 0 aromatic carbocycles. The van der Waals surface area contributed by atoms with E-state index in [-0.39, 0.29) is 0 Å². The van der Waals surface area contributed by atoms with Crippen LogP contribution in [-0.4, -0.2) is 4.98 Å². The van der Waals surface area contributed by atoms with Gasteiger partial charge in [-0.3, -0.25) is 4.98 Å². The molecule has 0 aliphatic heterocycles. The molecule has 1 rings (SSSR count). The zero-order valence-electron chi connectivity index (χ0n) is 5.81. The maximum absolute atomic E-state index is 4.02. The van der Waals surface area contributed by atoms with Gasteiger partial charge >= 0.3 is 0 Å². The fourth-order valence-corrected chi connectivity index (χ4v) is 0.838. The molecule has 0 bridgehead atoms. The first-order valence-corrected chi connectivity index (χ1v) is 3.17. The van der Waals surface area contributed by atoms with E-state index in [1.54, 1.807) is 0 Å². The average Bonchev–Trinajstić information content (AvgIpc) is 1.89. The van der Waals surface area contributed by atoms with Gasteiger partial charge in [0.1, 0.15) is 0 Å². The Kier molecular flexibility index (Phi) is 1.83. The van der Waals surface area contributed by atoms with Crippen molar-refractivity contribution in [1.82, 2.24) is 4.98 Å². The molecular formula is C8H10N. The summed E-state index contributed by atoms with van der Waals surface area (Å²) in [4.78, 5) is 4.02. The van der Waals surface area contributed by atoms with Crippen molar-refractivity contribution < 1.29 is 0 Å². The molecule has 0 atom stereocenters. The number of nitrogens with zero attached hydrogens (tertiary/aromatic N) is 1. The van der Waals surface area contributed by atoms with Gasteiger partial charge in [-0.25, -0.2) is 0 Å². The van der Waals surface area contributed by atoms with Crippen molar-refractivity contribution in [2.75, 3.05) is 0 Å². The molecule has 0 aliphatic carbocycles. The van der Waals surface area contributed by atoms with Crippen molar-refractivity contribution in [3.63, 3.8) is 0 Å². The standard InChI is InChI=1S/C8H10N/c1-3-8-5-4-6-9-7(8)2/h4-5H,3H2,1-2H3. The number of rotatable bonds is 1. The highest BCUT2D eigenvalue weighted by molar-refractivity contribution is 5.17. The van der Waals surface area contributed by atoms with Gasteiger partial charge in [0.2, 0.25) is 0 Å². The summed E-state index contributed by atoms with van der Waals surface area (Å²) in [6, 6.07) is 3.91. The first-order chi connectivity index (χ1) is 4.34. The predicted octanol–water partition coefficient (Wildman–Crippen LogP) is 1.75. The molecule has 0 aliphatic rings. The van der Waals surface area contributed by atoms with Gasteiger partial charge in [0.25, 0.3) is 0 Å². The smallest absolute Gasteiger partial charge is 0.0889 e. The number of pyridine rings is 1. The van der Waals surface area contributed by atoms with E-state index in [9.17, 15) is 0 Å². The van der Waals surface area contributed by atoms with E-state index in [4.69, 9.17) is 0 Å². The zero-order valence-corrected chi connectivity index (χ0v) is 5.81. The zero-order chi connectivity index (χ0) is 6.69. The topological polar surface area (TPSA) is 12.9 Å². The fraction of sp³-hybridized carbons (Fsp3) is 0.375. The van der Waals surface area contributed by atoms with Gasteiger partial charge in [0.05, 0.1) is 6.20 Å². The molecule has 0 N–H and O–H groups in total. The van der Waals surface area contributed by atoms with E-state index in [0.717, 1.165) is 12.1 Å². The third-order valence-corrected chi connectivity index (χ3v) is 1.44. The third kappa shape index (κ3) is 1.28. The molecule has 0 amide bonds. The van der Waals surface area contributed by atoms with Crippen LogP contribution in [0.2, 0.25) is 0 Å². The summed E-state index contributed by atoms with van der Waals surface area (Å²) in [7, 11) is 0. The summed E-state index contributed by atoms with van der Waals surface area (Å²) in [5, 5.41) is 0. The molecule has 1 radical (unpaired) electrons. The van der Waals surface area contributed by atoms with Crippen LogP contribution in [0.5, 0.6) is 0 Å². The Morgan fingerprint density at radius 3 is 2.89 bits per heavy atom. The Morgan fingerprint density at radius 1 is 1.67 bits per heavy atom. The maximum Gasteiger partial charge on any atom is 0.0889 e. The highest BCUT2D eigenvalue weighted by atomic mass is 14.7. The van der Waals surface area contributed by atoms with Crippen molar-refractivity contribution in [3.05, 3.63) is 29.6 Å². The van der Waals surface area contributed by atoms with Crippen LogP contribution in [0, 0.1) is 13.1 Å². The molecule has 0 saturated heterocycles. The Bertz CT molecular complexity index is 194. The normalized spacial score (nSPS) is 9.56. The van der Waals surface area contributed by atoms with Crippen molar-refractivity contribution in [3.8, 4) is 0 Å². The molecule has 1 aromatic heterocycles. The van der Waals surface area contributed by atoms with Crippen LogP contribution >= 0.6 is 0 Å². The maximum atomic E-state index is 4.02. The van der Waals surface area contributed by atoms with Crippen molar-refractivity contribution in [1.29, 1.82) is 0 Å². The van der Waals surface area contributed by atoms with Crippen LogP contribution in [-0.2, 0) is 6.42 Å². The lowest BCUT2D eigenvalue weighted by Crippen LogP contribution is -1.87. The highest BCUT2D eigenvalue weighted by Gasteiger charge is 1.91. The summed E-state index contributed by atoms with van der Waals surface area (Å²) in [6.45, 7) is 4.14. The molecule has 0 unspecified atom stereocenters. The Labute approximate surface area is 55.7 Å². The van der Waals surface area contributed by atoms with Gasteiger partial charge < -0.3 is 0 Å². The van der Waals surface area contributed by atoms with Gasteiger partial charge in [0, 0.05) is 5.69 Å². The summed E-state index contributed by atoms with van der Waals surface area (Å²) in [6.07, 6.45) is 3.85. The summed E-state index contributed by atoms with van der Waals surface area (Å²) in [5.41, 5.74) is 2.41. The minimum absolute atomic E-state index is 1.06. The molecule has 1 heterocycles. The Morgan fingerprint density at radius 2 is 2.44 bits per heavy atom. The van der Waals surface area contributed by atoms with Gasteiger partial charge in [-0.15, -0.1) is 0 Å². The van der Waals surface area contributed by atoms with Crippen LogP contribution in [0.25, 0.3) is 0 Å². The van der Waals surface area contributed by atoms with Gasteiger partial charge in [-0.05, 0) is 25.0 Å². The molecule has 1 nitrogen and oxygen atoms in total. The van der Waals surface area contributed by atoms with E-state index in [2.05, 4.69) is 24.2 Å². The predicted molar refractivity (Wildman–Crippen MR) is 37.2 cm³/mol. The average molecular weight is 120 g/mol. The second-order valence-electron chi connectivity index (χ2n) is 2.04. The fourth-order valence-electron chi connectivity index (χ4n) is 0.838. The molecule has 47 valence electrons. The van der Waals surface area contributed by atoms with E-state index < -0.39 is 0 Å². The van der Waals surface area contributed by atoms with Crippen LogP contribution in [0.3, 0.4) is 0 Å². The highest BCUT2D eigenvalue weighted by Crippen LogP contribution is 2.02. The lowest BCUT2D eigenvalue weighted by atomic mass is 10.2. The first-order valence-electron chi connectivity index (χ1n) is 3.17. The minimum atomic E-state index is 1.06. The number of aryl methyl sites for hydroxylation is 2. The van der Waals surface area contributed by atoms with Gasteiger partial charge in [-0.2, -0.15) is 0 Å². The van der Waals surface area contributed by atoms with Crippen LogP contribution < -0.4 is 0 Å². The van der Waals surface area contributed by atoms with E-state index in [1.807, 2.05) is 13.0 Å². The minimum Gasteiger partial charge on any atom is -0.251 e. The molecular weight excluding hydrogens is 110 g/mol. The second-order valence-corrected chi connectivity index (χ2v) is 2.04. The number of aromatic nitrogens is 1. The quantitative estimate of drug-likeness (QED) is 0.550. The monoisotopic (exact) mass is 120 g/mol. The van der Waals surface area contributed by atoms with Crippen molar-refractivity contribution in [2.24, 2.45) is 0 Å². The molecule has 0 fully saturated rings. The largest absolute Gasteiger partial charge is 0.251 e. The molecule has 1 heteroatoms. The van der Waals surface area contributed by atoms with E-state index in [0.29, 0.717) is 0 Å². The number of hydrogen-bond donors (Lipinski definition) is 0. The molecule has 1 aromatic rings. The Balaban J connectivity index is 3.01. The van der Waals surface area contributed by atoms with Crippen LogP contribution in [0.1, 0.15) is 18.2 Å². The second kappa shape index (κ2) is 2.62. The van der Waals surface area contributed by atoms with Crippen molar-refractivity contribution in [2.45, 2.75) is 20.3 Å². The molecule has 9 heavy (non-hydrogen) atoms. The van der Waals surface area contributed by atoms with Gasteiger partial charge in [-0.1, -0.05) is 13.0 Å². The number of hydrogen-bond acceptors (Lipinski definition) is 1. The van der Waals surface area contributed by atoms with E-state index >= 15 is 0 Å². The lowest BCUT2D eigenvalue weighted by molar-refractivity contribution is 1.04. The lowest BCUT2D eigenvalue weighted by Gasteiger charge is -1.96. The van der Waals surface area contributed by atoms with E-state index in [1.165, 1.54) is 5.56 Å². The summed E-state index contributed by atoms with van der Waals surface area (Å²) >= 11 is 0. The van der Waals surface area contributed by atoms with Crippen molar-refractivity contribution >= 4 is 0 Å². The van der Waals surface area contributed by atoms with Crippen LogP contribution in [0.15, 0.2) is 12.1 Å². The Hall–Kier alpha value is -0.850. The molecule has 0 saturated carbocycles.